The highest BCUT2D eigenvalue weighted by Crippen LogP contribution is 2.32. The molecular formula is C41H44ClN9O6. The SMILES string of the molecule is CC(=O)CCc1cc2cc(Nc3nc(N4CCC(CN5CCN(c6ccc7c(c6)C(=O)N(C6CCC(=O)NC6=O)C7=O)CC5)CC4)ncc3Cl)ccc2n(C)c1=O. The van der Waals surface area contributed by atoms with Gasteiger partial charge in [-0.3, -0.25) is 39.1 Å². The first-order valence-corrected chi connectivity index (χ1v) is 19.8. The van der Waals surface area contributed by atoms with E-state index in [1.165, 1.54) is 6.92 Å². The number of piperidine rings is 2. The number of Topliss-reactive ketones (excluding diaryl/α,β-unsaturated/α-hetero) is 1. The van der Waals surface area contributed by atoms with Crippen LogP contribution in [0.25, 0.3) is 10.9 Å². The van der Waals surface area contributed by atoms with Gasteiger partial charge in [0.05, 0.1) is 22.8 Å². The molecule has 1 unspecified atom stereocenters. The molecule has 16 heteroatoms. The molecule has 0 spiro atoms. The Hall–Kier alpha value is -5.67. The largest absolute Gasteiger partial charge is 0.369 e. The Kier molecular flexibility index (Phi) is 10.5. The fourth-order valence-corrected chi connectivity index (χ4v) is 8.52. The lowest BCUT2D eigenvalue weighted by Crippen LogP contribution is -2.54. The third-order valence-electron chi connectivity index (χ3n) is 11.6. The minimum atomic E-state index is -0.982. The number of carbonyl (C=O) groups excluding carboxylic acids is 5. The Balaban J connectivity index is 0.843. The van der Waals surface area contributed by atoms with Gasteiger partial charge in [0.15, 0.2) is 5.82 Å². The second-order valence-corrected chi connectivity index (χ2v) is 15.8. The number of benzene rings is 2. The number of aryl methyl sites for hydroxylation is 2. The van der Waals surface area contributed by atoms with Gasteiger partial charge in [0.1, 0.15) is 16.8 Å². The quantitative estimate of drug-likeness (QED) is 0.224. The number of nitrogens with zero attached hydrogens (tertiary/aromatic N) is 7. The normalized spacial score (nSPS) is 19.4. The summed E-state index contributed by atoms with van der Waals surface area (Å²) in [6.07, 6.45) is 4.53. The average molecular weight is 794 g/mol. The van der Waals surface area contributed by atoms with Crippen LogP contribution >= 0.6 is 11.6 Å². The lowest BCUT2D eigenvalue weighted by Gasteiger charge is -2.39. The highest BCUT2D eigenvalue weighted by atomic mass is 35.5. The van der Waals surface area contributed by atoms with Crippen molar-refractivity contribution >= 4 is 75.1 Å². The number of nitrogens with one attached hydrogen (secondary N) is 2. The number of amides is 4. The maximum atomic E-state index is 13.3. The Morgan fingerprint density at radius 2 is 1.65 bits per heavy atom. The fourth-order valence-electron chi connectivity index (χ4n) is 8.38. The summed E-state index contributed by atoms with van der Waals surface area (Å²) in [5.74, 6) is -0.340. The van der Waals surface area contributed by atoms with Crippen molar-refractivity contribution in [2.24, 2.45) is 13.0 Å². The van der Waals surface area contributed by atoms with Crippen LogP contribution in [-0.2, 0) is 27.9 Å². The van der Waals surface area contributed by atoms with Crippen molar-refractivity contribution in [2.75, 3.05) is 60.9 Å². The molecule has 1 atom stereocenters. The number of anilines is 4. The van der Waals surface area contributed by atoms with Gasteiger partial charge in [-0.25, -0.2) is 4.98 Å². The molecule has 296 valence electrons. The molecule has 2 aromatic heterocycles. The molecule has 3 saturated heterocycles. The Labute approximate surface area is 334 Å². The van der Waals surface area contributed by atoms with Gasteiger partial charge < -0.3 is 24.5 Å². The fraction of sp³-hybridized carbons (Fsp3) is 0.415. The Morgan fingerprint density at radius 1 is 0.895 bits per heavy atom. The number of aromatic nitrogens is 3. The van der Waals surface area contributed by atoms with Crippen molar-refractivity contribution in [1.82, 2.24) is 29.7 Å². The predicted octanol–water partition coefficient (Wildman–Crippen LogP) is 3.69. The monoisotopic (exact) mass is 793 g/mol. The van der Waals surface area contributed by atoms with E-state index >= 15 is 0 Å². The first kappa shape index (κ1) is 38.2. The minimum absolute atomic E-state index is 0.0415. The molecule has 4 aliphatic heterocycles. The molecule has 0 bridgehead atoms. The third kappa shape index (κ3) is 7.73. The molecule has 3 fully saturated rings. The summed E-state index contributed by atoms with van der Waals surface area (Å²) >= 11 is 6.56. The van der Waals surface area contributed by atoms with Crippen LogP contribution in [0.5, 0.6) is 0 Å². The van der Waals surface area contributed by atoms with Crippen molar-refractivity contribution in [3.63, 3.8) is 0 Å². The topological polar surface area (TPSA) is 170 Å². The second kappa shape index (κ2) is 15.7. The third-order valence-corrected chi connectivity index (χ3v) is 11.9. The zero-order chi connectivity index (χ0) is 40.0. The summed E-state index contributed by atoms with van der Waals surface area (Å²) in [6.45, 7) is 7.44. The van der Waals surface area contributed by atoms with Gasteiger partial charge >= 0.3 is 0 Å². The van der Waals surface area contributed by atoms with Crippen LogP contribution in [0.15, 0.2) is 53.5 Å². The second-order valence-electron chi connectivity index (χ2n) is 15.4. The Bertz CT molecular complexity index is 2370. The maximum absolute atomic E-state index is 13.3. The summed E-state index contributed by atoms with van der Waals surface area (Å²) in [4.78, 5) is 92.2. The van der Waals surface area contributed by atoms with Gasteiger partial charge in [0.25, 0.3) is 17.4 Å². The van der Waals surface area contributed by atoms with Gasteiger partial charge in [-0.05, 0) is 81.0 Å². The van der Waals surface area contributed by atoms with E-state index in [2.05, 4.69) is 30.3 Å². The Morgan fingerprint density at radius 3 is 2.39 bits per heavy atom. The zero-order valence-electron chi connectivity index (χ0n) is 31.9. The van der Waals surface area contributed by atoms with E-state index in [0.29, 0.717) is 46.7 Å². The zero-order valence-corrected chi connectivity index (χ0v) is 32.7. The van der Waals surface area contributed by atoms with E-state index in [1.54, 1.807) is 29.9 Å². The first-order valence-electron chi connectivity index (χ1n) is 19.4. The highest BCUT2D eigenvalue weighted by Gasteiger charge is 2.45. The van der Waals surface area contributed by atoms with Crippen molar-refractivity contribution in [1.29, 1.82) is 0 Å². The molecule has 8 rings (SSSR count). The highest BCUT2D eigenvalue weighted by molar-refractivity contribution is 6.33. The van der Waals surface area contributed by atoms with Crippen LogP contribution in [0.4, 0.5) is 23.1 Å². The maximum Gasteiger partial charge on any atom is 0.262 e. The van der Waals surface area contributed by atoms with Crippen molar-refractivity contribution in [3.8, 4) is 0 Å². The van der Waals surface area contributed by atoms with E-state index in [-0.39, 0.29) is 29.7 Å². The molecule has 2 aromatic carbocycles. The van der Waals surface area contributed by atoms with E-state index in [0.717, 1.165) is 85.8 Å². The smallest absolute Gasteiger partial charge is 0.262 e. The molecule has 4 amide bonds. The molecule has 0 aliphatic carbocycles. The number of piperazine rings is 1. The van der Waals surface area contributed by atoms with Crippen LogP contribution in [0.3, 0.4) is 0 Å². The summed E-state index contributed by atoms with van der Waals surface area (Å²) in [6, 6.07) is 11.9. The number of hydrogen-bond donors (Lipinski definition) is 2. The lowest BCUT2D eigenvalue weighted by molar-refractivity contribution is -0.136. The molecule has 2 N–H and O–H groups in total. The van der Waals surface area contributed by atoms with E-state index < -0.39 is 29.7 Å². The van der Waals surface area contributed by atoms with Crippen LogP contribution in [0.1, 0.15) is 65.3 Å². The summed E-state index contributed by atoms with van der Waals surface area (Å²) in [5, 5.41) is 6.84. The van der Waals surface area contributed by atoms with E-state index in [4.69, 9.17) is 16.6 Å². The van der Waals surface area contributed by atoms with Crippen LogP contribution in [0, 0.1) is 5.92 Å². The average Bonchev–Trinajstić information content (AvgIpc) is 3.45. The molecule has 4 aromatic rings. The van der Waals surface area contributed by atoms with Gasteiger partial charge in [-0.2, -0.15) is 4.98 Å². The van der Waals surface area contributed by atoms with E-state index in [9.17, 15) is 28.8 Å². The van der Waals surface area contributed by atoms with Crippen LogP contribution < -0.4 is 26.0 Å². The summed E-state index contributed by atoms with van der Waals surface area (Å²) in [5.41, 5.74) is 3.49. The van der Waals surface area contributed by atoms with Gasteiger partial charge in [0.2, 0.25) is 17.8 Å². The summed E-state index contributed by atoms with van der Waals surface area (Å²) < 4.78 is 1.61. The first-order chi connectivity index (χ1) is 27.4. The number of fused-ring (bicyclic) bond motifs is 2. The van der Waals surface area contributed by atoms with Crippen molar-refractivity contribution in [3.05, 3.63) is 80.7 Å². The molecule has 6 heterocycles. The number of carbonyl (C=O) groups is 5. The standard InChI is InChI=1S/C41H44ClN9O6/c1-24(52)3-4-26-19-27-20-28(5-8-33(27)47(2)38(26)55)44-36-32(42)22-43-41(46-36)50-13-11-25(12-14-50)23-48-15-17-49(18-16-48)29-6-7-30-31(21-29)40(57)51(39(30)56)34-9-10-35(53)45-37(34)54/h5-8,19-22,25,34H,3-4,9-18,23H2,1-2H3,(H,43,44,46)(H,45,53,54). The minimum Gasteiger partial charge on any atom is -0.369 e. The number of rotatable bonds is 10. The van der Waals surface area contributed by atoms with Crippen LogP contribution in [0.2, 0.25) is 5.02 Å². The number of hydrogen-bond acceptors (Lipinski definition) is 12. The van der Waals surface area contributed by atoms with Gasteiger partial charge in [0, 0.05) is 88.0 Å². The van der Waals surface area contributed by atoms with E-state index in [1.807, 2.05) is 30.3 Å². The number of pyridine rings is 1. The van der Waals surface area contributed by atoms with Gasteiger partial charge in [-0.1, -0.05) is 11.6 Å². The molecule has 0 radical (unpaired) electrons. The lowest BCUT2D eigenvalue weighted by atomic mass is 9.96. The molecule has 15 nitrogen and oxygen atoms in total. The van der Waals surface area contributed by atoms with Crippen molar-refractivity contribution in [2.45, 2.75) is 51.5 Å². The number of imide groups is 2. The van der Waals surface area contributed by atoms with Crippen molar-refractivity contribution < 1.29 is 24.0 Å². The molecule has 57 heavy (non-hydrogen) atoms. The van der Waals surface area contributed by atoms with Gasteiger partial charge in [-0.15, -0.1) is 0 Å². The predicted molar refractivity (Wildman–Crippen MR) is 215 cm³/mol. The van der Waals surface area contributed by atoms with Crippen LogP contribution in [-0.4, -0.2) is 106 Å². The number of halogens is 1. The number of ketones is 1. The molecule has 0 saturated carbocycles. The molecular weight excluding hydrogens is 750 g/mol. The molecule has 4 aliphatic rings. The summed E-state index contributed by atoms with van der Waals surface area (Å²) in [7, 11) is 1.74.